The Morgan fingerprint density at radius 3 is 2.56 bits per heavy atom. The summed E-state index contributed by atoms with van der Waals surface area (Å²) in [6, 6.07) is 0. The molecule has 16 heavy (non-hydrogen) atoms. The SMILES string of the molecule is CC(C)CNC(=NCC1(C2CC2)CC1)NN. The van der Waals surface area contributed by atoms with Gasteiger partial charge >= 0.3 is 0 Å². The number of nitrogens with one attached hydrogen (secondary N) is 2. The summed E-state index contributed by atoms with van der Waals surface area (Å²) in [5.74, 6) is 7.77. The van der Waals surface area contributed by atoms with E-state index in [1.165, 1.54) is 25.7 Å². The van der Waals surface area contributed by atoms with Crippen LogP contribution in [0.1, 0.15) is 39.5 Å². The summed E-state index contributed by atoms with van der Waals surface area (Å²) in [6.45, 7) is 6.21. The van der Waals surface area contributed by atoms with Crippen LogP contribution in [0.25, 0.3) is 0 Å². The fraction of sp³-hybridized carbons (Fsp3) is 0.917. The predicted octanol–water partition coefficient (Wildman–Crippen LogP) is 1.24. The van der Waals surface area contributed by atoms with Crippen molar-refractivity contribution in [3.63, 3.8) is 0 Å². The maximum Gasteiger partial charge on any atom is 0.205 e. The van der Waals surface area contributed by atoms with E-state index in [2.05, 4.69) is 29.6 Å². The first-order valence-corrected chi connectivity index (χ1v) is 6.41. The van der Waals surface area contributed by atoms with Gasteiger partial charge in [0, 0.05) is 13.1 Å². The average molecular weight is 224 g/mol. The smallest absolute Gasteiger partial charge is 0.205 e. The molecule has 4 nitrogen and oxygen atoms in total. The lowest BCUT2D eigenvalue weighted by molar-refractivity contribution is 0.452. The van der Waals surface area contributed by atoms with E-state index in [1.807, 2.05) is 0 Å². The minimum absolute atomic E-state index is 0.557. The van der Waals surface area contributed by atoms with Gasteiger partial charge in [0.2, 0.25) is 5.96 Å². The van der Waals surface area contributed by atoms with Crippen LogP contribution < -0.4 is 16.6 Å². The molecule has 0 atom stereocenters. The van der Waals surface area contributed by atoms with Gasteiger partial charge in [0.25, 0.3) is 0 Å². The second kappa shape index (κ2) is 4.62. The number of hydrogen-bond donors (Lipinski definition) is 3. The van der Waals surface area contributed by atoms with Crippen molar-refractivity contribution in [1.82, 2.24) is 10.7 Å². The molecule has 0 spiro atoms. The zero-order valence-corrected chi connectivity index (χ0v) is 10.4. The fourth-order valence-corrected chi connectivity index (χ4v) is 2.24. The number of rotatable bonds is 5. The van der Waals surface area contributed by atoms with Crippen molar-refractivity contribution in [3.05, 3.63) is 0 Å². The van der Waals surface area contributed by atoms with Gasteiger partial charge in [-0.2, -0.15) is 0 Å². The Kier molecular flexibility index (Phi) is 3.38. The Morgan fingerprint density at radius 1 is 1.44 bits per heavy atom. The van der Waals surface area contributed by atoms with Crippen molar-refractivity contribution in [1.29, 1.82) is 0 Å². The molecule has 0 aromatic heterocycles. The molecule has 0 aromatic rings. The van der Waals surface area contributed by atoms with Crippen molar-refractivity contribution >= 4 is 5.96 Å². The highest BCUT2D eigenvalue weighted by Crippen LogP contribution is 2.61. The van der Waals surface area contributed by atoms with Crippen LogP contribution in [-0.2, 0) is 0 Å². The van der Waals surface area contributed by atoms with Crippen LogP contribution in [0.15, 0.2) is 4.99 Å². The summed E-state index contributed by atoms with van der Waals surface area (Å²) in [5, 5.41) is 3.24. The fourth-order valence-electron chi connectivity index (χ4n) is 2.24. The molecule has 2 aliphatic carbocycles. The van der Waals surface area contributed by atoms with Crippen molar-refractivity contribution in [2.45, 2.75) is 39.5 Å². The highest BCUT2D eigenvalue weighted by molar-refractivity contribution is 5.79. The first-order valence-electron chi connectivity index (χ1n) is 6.41. The number of aliphatic imine (C=N–C) groups is 1. The van der Waals surface area contributed by atoms with Crippen LogP contribution in [0.5, 0.6) is 0 Å². The molecule has 2 saturated carbocycles. The minimum Gasteiger partial charge on any atom is -0.355 e. The van der Waals surface area contributed by atoms with E-state index in [0.717, 1.165) is 25.0 Å². The van der Waals surface area contributed by atoms with Crippen molar-refractivity contribution < 1.29 is 0 Å². The number of guanidine groups is 1. The molecule has 4 heteroatoms. The maximum absolute atomic E-state index is 5.46. The third kappa shape index (κ3) is 2.88. The van der Waals surface area contributed by atoms with Crippen LogP contribution in [-0.4, -0.2) is 19.0 Å². The zero-order valence-electron chi connectivity index (χ0n) is 10.4. The molecule has 0 unspecified atom stereocenters. The van der Waals surface area contributed by atoms with Crippen LogP contribution in [0.4, 0.5) is 0 Å². The van der Waals surface area contributed by atoms with Crippen LogP contribution in [0.3, 0.4) is 0 Å². The lowest BCUT2D eigenvalue weighted by Gasteiger charge is -2.14. The second-order valence-electron chi connectivity index (χ2n) is 5.72. The molecule has 2 aliphatic rings. The van der Waals surface area contributed by atoms with E-state index in [4.69, 9.17) is 5.84 Å². The highest BCUT2D eigenvalue weighted by Gasteiger charge is 2.53. The van der Waals surface area contributed by atoms with E-state index in [1.54, 1.807) is 0 Å². The molecule has 0 heterocycles. The molecule has 0 bridgehead atoms. The molecule has 92 valence electrons. The maximum atomic E-state index is 5.46. The van der Waals surface area contributed by atoms with Crippen molar-refractivity contribution in [2.75, 3.05) is 13.1 Å². The Bertz CT molecular complexity index is 264. The van der Waals surface area contributed by atoms with Crippen LogP contribution >= 0.6 is 0 Å². The average Bonchev–Trinajstić information content (AvgIpc) is 3.11. The molecular formula is C12H24N4. The summed E-state index contributed by atoms with van der Waals surface area (Å²) in [7, 11) is 0. The standard InChI is InChI=1S/C12H24N4/c1-9(2)7-14-11(16-13)15-8-12(5-6-12)10-3-4-10/h9-10H,3-8,13H2,1-2H3,(H2,14,15,16). The number of hydrazine groups is 1. The third-order valence-corrected chi connectivity index (χ3v) is 3.70. The largest absolute Gasteiger partial charge is 0.355 e. The lowest BCUT2D eigenvalue weighted by atomic mass is 10.0. The van der Waals surface area contributed by atoms with Gasteiger partial charge in [0.1, 0.15) is 0 Å². The van der Waals surface area contributed by atoms with E-state index in [0.29, 0.717) is 11.3 Å². The van der Waals surface area contributed by atoms with Crippen LogP contribution in [0, 0.1) is 17.3 Å². The number of nitrogens with zero attached hydrogens (tertiary/aromatic N) is 1. The molecule has 0 saturated heterocycles. The Balaban J connectivity index is 1.79. The van der Waals surface area contributed by atoms with E-state index in [9.17, 15) is 0 Å². The predicted molar refractivity (Wildman–Crippen MR) is 66.9 cm³/mol. The summed E-state index contributed by atoms with van der Waals surface area (Å²) in [4.78, 5) is 4.58. The van der Waals surface area contributed by atoms with E-state index >= 15 is 0 Å². The monoisotopic (exact) mass is 224 g/mol. The highest BCUT2D eigenvalue weighted by atomic mass is 15.3. The van der Waals surface area contributed by atoms with E-state index < -0.39 is 0 Å². The molecule has 2 fully saturated rings. The lowest BCUT2D eigenvalue weighted by Crippen LogP contribution is -2.43. The van der Waals surface area contributed by atoms with Gasteiger partial charge in [0.15, 0.2) is 0 Å². The van der Waals surface area contributed by atoms with E-state index in [-0.39, 0.29) is 0 Å². The molecule has 2 rings (SSSR count). The molecule has 4 N–H and O–H groups in total. The van der Waals surface area contributed by atoms with Gasteiger partial charge in [0.05, 0.1) is 0 Å². The van der Waals surface area contributed by atoms with Gasteiger partial charge in [-0.25, -0.2) is 5.84 Å². The van der Waals surface area contributed by atoms with Gasteiger partial charge in [-0.05, 0) is 42.9 Å². The van der Waals surface area contributed by atoms with Gasteiger partial charge in [-0.3, -0.25) is 10.4 Å². The Morgan fingerprint density at radius 2 is 2.12 bits per heavy atom. The first-order chi connectivity index (χ1) is 7.66. The summed E-state index contributed by atoms with van der Waals surface area (Å²) in [6.07, 6.45) is 5.56. The van der Waals surface area contributed by atoms with Crippen molar-refractivity contribution in [2.24, 2.45) is 28.1 Å². The molecule has 0 aliphatic heterocycles. The normalized spacial score (nSPS) is 23.4. The van der Waals surface area contributed by atoms with Crippen molar-refractivity contribution in [3.8, 4) is 0 Å². The van der Waals surface area contributed by atoms with Gasteiger partial charge in [-0.15, -0.1) is 0 Å². The Hall–Kier alpha value is -0.770. The summed E-state index contributed by atoms with van der Waals surface area (Å²) < 4.78 is 0. The third-order valence-electron chi connectivity index (χ3n) is 3.70. The molecule has 0 aromatic carbocycles. The second-order valence-corrected chi connectivity index (χ2v) is 5.72. The summed E-state index contributed by atoms with van der Waals surface area (Å²) >= 11 is 0. The quantitative estimate of drug-likeness (QED) is 0.285. The minimum atomic E-state index is 0.557. The summed E-state index contributed by atoms with van der Waals surface area (Å²) in [5.41, 5.74) is 3.21. The topological polar surface area (TPSA) is 62.4 Å². The molecular weight excluding hydrogens is 200 g/mol. The van der Waals surface area contributed by atoms with Crippen LogP contribution in [0.2, 0.25) is 0 Å². The first kappa shape index (κ1) is 11.7. The Labute approximate surface area is 98.0 Å². The van der Waals surface area contributed by atoms with Gasteiger partial charge in [-0.1, -0.05) is 13.8 Å². The molecule has 0 radical (unpaired) electrons. The van der Waals surface area contributed by atoms with Gasteiger partial charge < -0.3 is 5.32 Å². The number of hydrogen-bond acceptors (Lipinski definition) is 2. The molecule has 0 amide bonds. The number of nitrogens with two attached hydrogens (primary N) is 1. The zero-order chi connectivity index (χ0) is 11.6.